The van der Waals surface area contributed by atoms with Crippen LogP contribution in [0.1, 0.15) is 62.5 Å². The van der Waals surface area contributed by atoms with Gasteiger partial charge in [-0.1, -0.05) is 86.3 Å². The first-order valence-electron chi connectivity index (χ1n) is 10.4. The van der Waals surface area contributed by atoms with E-state index in [0.717, 1.165) is 36.8 Å². The summed E-state index contributed by atoms with van der Waals surface area (Å²) in [5, 5.41) is 6.06. The van der Waals surface area contributed by atoms with Crippen molar-refractivity contribution in [1.82, 2.24) is 10.6 Å². The van der Waals surface area contributed by atoms with Crippen molar-refractivity contribution in [3.63, 3.8) is 0 Å². The Labute approximate surface area is 167 Å². The van der Waals surface area contributed by atoms with Gasteiger partial charge in [-0.05, 0) is 30.9 Å². The van der Waals surface area contributed by atoms with Gasteiger partial charge in [-0.2, -0.15) is 0 Å². The highest BCUT2D eigenvalue weighted by Gasteiger charge is 2.26. The van der Waals surface area contributed by atoms with Gasteiger partial charge in [0.15, 0.2) is 0 Å². The SMILES string of the molecule is C[C@@H](NC(=O)C(c1ccccc1)c1ccccc1)C(=O)NC1CCCCCC1. The van der Waals surface area contributed by atoms with E-state index in [1.165, 1.54) is 12.8 Å². The minimum absolute atomic E-state index is 0.0971. The lowest BCUT2D eigenvalue weighted by molar-refractivity contribution is -0.129. The van der Waals surface area contributed by atoms with Crippen molar-refractivity contribution in [1.29, 1.82) is 0 Å². The maximum absolute atomic E-state index is 13.1. The van der Waals surface area contributed by atoms with Gasteiger partial charge in [0.25, 0.3) is 0 Å². The molecule has 0 saturated heterocycles. The summed E-state index contributed by atoms with van der Waals surface area (Å²) in [6, 6.07) is 19.1. The number of nitrogens with one attached hydrogen (secondary N) is 2. The van der Waals surface area contributed by atoms with Gasteiger partial charge in [0.05, 0.1) is 5.92 Å². The summed E-state index contributed by atoms with van der Waals surface area (Å²) < 4.78 is 0. The molecule has 1 fully saturated rings. The smallest absolute Gasteiger partial charge is 0.242 e. The number of benzene rings is 2. The van der Waals surface area contributed by atoms with Crippen molar-refractivity contribution in [2.75, 3.05) is 0 Å². The van der Waals surface area contributed by atoms with E-state index in [9.17, 15) is 9.59 Å². The average Bonchev–Trinajstić information content (AvgIpc) is 2.98. The molecule has 2 aromatic carbocycles. The van der Waals surface area contributed by atoms with E-state index in [2.05, 4.69) is 10.6 Å². The zero-order chi connectivity index (χ0) is 19.8. The molecule has 4 heteroatoms. The van der Waals surface area contributed by atoms with Crippen LogP contribution >= 0.6 is 0 Å². The van der Waals surface area contributed by atoms with Crippen molar-refractivity contribution < 1.29 is 9.59 Å². The molecule has 0 aliphatic heterocycles. The van der Waals surface area contributed by atoms with E-state index in [1.807, 2.05) is 60.7 Å². The normalized spacial score (nSPS) is 16.2. The van der Waals surface area contributed by atoms with E-state index >= 15 is 0 Å². The van der Waals surface area contributed by atoms with Gasteiger partial charge in [-0.25, -0.2) is 0 Å². The predicted octanol–water partition coefficient (Wildman–Crippen LogP) is 4.16. The molecule has 1 aliphatic carbocycles. The van der Waals surface area contributed by atoms with E-state index in [-0.39, 0.29) is 17.9 Å². The monoisotopic (exact) mass is 378 g/mol. The molecule has 28 heavy (non-hydrogen) atoms. The van der Waals surface area contributed by atoms with E-state index < -0.39 is 12.0 Å². The highest BCUT2D eigenvalue weighted by molar-refractivity contribution is 5.92. The first kappa shape index (κ1) is 20.1. The van der Waals surface area contributed by atoms with Crippen molar-refractivity contribution in [3.05, 3.63) is 71.8 Å². The number of hydrogen-bond donors (Lipinski definition) is 2. The number of rotatable bonds is 6. The van der Waals surface area contributed by atoms with E-state index in [0.29, 0.717) is 0 Å². The molecule has 4 nitrogen and oxygen atoms in total. The summed E-state index contributed by atoms with van der Waals surface area (Å²) in [7, 11) is 0. The van der Waals surface area contributed by atoms with E-state index in [1.54, 1.807) is 6.92 Å². The van der Waals surface area contributed by atoms with Crippen LogP contribution in [0.5, 0.6) is 0 Å². The van der Waals surface area contributed by atoms with Crippen LogP contribution in [-0.2, 0) is 9.59 Å². The number of hydrogen-bond acceptors (Lipinski definition) is 2. The van der Waals surface area contributed by atoms with Crippen LogP contribution in [0.4, 0.5) is 0 Å². The van der Waals surface area contributed by atoms with Crippen LogP contribution in [-0.4, -0.2) is 23.9 Å². The van der Waals surface area contributed by atoms with Crippen molar-refractivity contribution in [3.8, 4) is 0 Å². The molecule has 1 atom stereocenters. The lowest BCUT2D eigenvalue weighted by Crippen LogP contribution is -2.49. The van der Waals surface area contributed by atoms with Gasteiger partial charge in [0.1, 0.15) is 6.04 Å². The quantitative estimate of drug-likeness (QED) is 0.742. The third-order valence-electron chi connectivity index (χ3n) is 5.48. The molecule has 0 spiro atoms. The second-order valence-electron chi connectivity index (χ2n) is 7.68. The number of amides is 2. The lowest BCUT2D eigenvalue weighted by atomic mass is 9.90. The Morgan fingerprint density at radius 3 is 1.79 bits per heavy atom. The molecule has 0 unspecified atom stereocenters. The highest BCUT2D eigenvalue weighted by atomic mass is 16.2. The summed E-state index contributed by atoms with van der Waals surface area (Å²) in [6.45, 7) is 1.76. The largest absolute Gasteiger partial charge is 0.352 e. The zero-order valence-corrected chi connectivity index (χ0v) is 16.6. The van der Waals surface area contributed by atoms with Crippen LogP contribution in [0, 0.1) is 0 Å². The molecule has 0 radical (unpaired) electrons. The highest BCUT2D eigenvalue weighted by Crippen LogP contribution is 2.25. The fourth-order valence-corrected chi connectivity index (χ4v) is 3.90. The Morgan fingerprint density at radius 1 is 0.786 bits per heavy atom. The molecular weight excluding hydrogens is 348 g/mol. The fraction of sp³-hybridized carbons (Fsp3) is 0.417. The maximum atomic E-state index is 13.1. The number of carbonyl (C=O) groups excluding carboxylic acids is 2. The van der Waals surface area contributed by atoms with Crippen LogP contribution < -0.4 is 10.6 Å². The average molecular weight is 379 g/mol. The fourth-order valence-electron chi connectivity index (χ4n) is 3.90. The first-order valence-corrected chi connectivity index (χ1v) is 10.4. The van der Waals surface area contributed by atoms with Crippen LogP contribution in [0.25, 0.3) is 0 Å². The summed E-state index contributed by atoms with van der Waals surface area (Å²) in [4.78, 5) is 25.7. The van der Waals surface area contributed by atoms with Crippen molar-refractivity contribution in [2.45, 2.75) is 63.5 Å². The predicted molar refractivity (Wildman–Crippen MR) is 112 cm³/mol. The third kappa shape index (κ3) is 5.44. The molecule has 2 N–H and O–H groups in total. The van der Waals surface area contributed by atoms with Gasteiger partial charge in [-0.3, -0.25) is 9.59 Å². The summed E-state index contributed by atoms with van der Waals surface area (Å²) in [6.07, 6.45) is 6.88. The minimum Gasteiger partial charge on any atom is -0.352 e. The van der Waals surface area contributed by atoms with Crippen LogP contribution in [0.3, 0.4) is 0 Å². The van der Waals surface area contributed by atoms with Gasteiger partial charge in [-0.15, -0.1) is 0 Å². The Hall–Kier alpha value is -2.62. The van der Waals surface area contributed by atoms with Gasteiger partial charge < -0.3 is 10.6 Å². The molecule has 0 bridgehead atoms. The Bertz CT molecular complexity index is 713. The lowest BCUT2D eigenvalue weighted by Gasteiger charge is -2.23. The molecule has 0 aromatic heterocycles. The topological polar surface area (TPSA) is 58.2 Å². The molecule has 2 amide bonds. The third-order valence-corrected chi connectivity index (χ3v) is 5.48. The molecule has 2 aromatic rings. The van der Waals surface area contributed by atoms with Gasteiger partial charge in [0.2, 0.25) is 11.8 Å². The molecular formula is C24H30N2O2. The molecule has 1 saturated carbocycles. The Kier molecular flexibility index (Phi) is 7.24. The second-order valence-corrected chi connectivity index (χ2v) is 7.68. The molecule has 0 heterocycles. The summed E-state index contributed by atoms with van der Waals surface area (Å²) in [5.74, 6) is -0.684. The number of carbonyl (C=O) groups is 2. The molecule has 148 valence electrons. The maximum Gasteiger partial charge on any atom is 0.242 e. The van der Waals surface area contributed by atoms with E-state index in [4.69, 9.17) is 0 Å². The van der Waals surface area contributed by atoms with Gasteiger partial charge in [0, 0.05) is 6.04 Å². The first-order chi connectivity index (χ1) is 13.6. The van der Waals surface area contributed by atoms with Crippen molar-refractivity contribution in [2.24, 2.45) is 0 Å². The van der Waals surface area contributed by atoms with Gasteiger partial charge >= 0.3 is 0 Å². The zero-order valence-electron chi connectivity index (χ0n) is 16.6. The van der Waals surface area contributed by atoms with Crippen LogP contribution in [0.15, 0.2) is 60.7 Å². The Morgan fingerprint density at radius 2 is 1.29 bits per heavy atom. The standard InChI is InChI=1S/C24H30N2O2/c1-18(23(27)26-21-16-10-2-3-11-17-21)25-24(28)22(19-12-6-4-7-13-19)20-14-8-5-9-15-20/h4-9,12-15,18,21-22H,2-3,10-11,16-17H2,1H3,(H,25,28)(H,26,27)/t18-/m1/s1. The summed E-state index contributed by atoms with van der Waals surface area (Å²) >= 11 is 0. The molecule has 3 rings (SSSR count). The minimum atomic E-state index is -0.564. The summed E-state index contributed by atoms with van der Waals surface area (Å²) in [5.41, 5.74) is 1.84. The Balaban J connectivity index is 1.68. The van der Waals surface area contributed by atoms with Crippen LogP contribution in [0.2, 0.25) is 0 Å². The molecule has 1 aliphatic rings. The second kappa shape index (κ2) is 10.1. The van der Waals surface area contributed by atoms with Crippen molar-refractivity contribution >= 4 is 11.8 Å².